The molecule has 2 atom stereocenters. The Labute approximate surface area is 121 Å². The van der Waals surface area contributed by atoms with E-state index in [4.69, 9.17) is 5.11 Å². The standard InChI is InChI=1S/C15H23NO3S/c1-2-12-5-3-7-14(9-12)16-20(18,19)15-8-4-6-13(10-15)11-17/h4,6,8,10,12,14,16-17H,2-3,5,7,9,11H2,1H3. The zero-order valence-electron chi connectivity index (χ0n) is 11.9. The number of rotatable bonds is 5. The van der Waals surface area contributed by atoms with Crippen molar-refractivity contribution in [3.8, 4) is 0 Å². The molecule has 2 rings (SSSR count). The predicted molar refractivity (Wildman–Crippen MR) is 78.7 cm³/mol. The Morgan fingerprint density at radius 2 is 2.15 bits per heavy atom. The van der Waals surface area contributed by atoms with E-state index in [9.17, 15) is 8.42 Å². The quantitative estimate of drug-likeness (QED) is 0.877. The molecule has 0 bridgehead atoms. The molecule has 4 nitrogen and oxygen atoms in total. The van der Waals surface area contributed by atoms with Gasteiger partial charge in [-0.25, -0.2) is 13.1 Å². The van der Waals surface area contributed by atoms with E-state index in [1.807, 2.05) is 0 Å². The number of hydrogen-bond donors (Lipinski definition) is 2. The summed E-state index contributed by atoms with van der Waals surface area (Å²) >= 11 is 0. The van der Waals surface area contributed by atoms with Crippen LogP contribution in [0.15, 0.2) is 29.2 Å². The summed E-state index contributed by atoms with van der Waals surface area (Å²) in [7, 11) is -3.49. The van der Waals surface area contributed by atoms with E-state index < -0.39 is 10.0 Å². The van der Waals surface area contributed by atoms with Gasteiger partial charge in [-0.2, -0.15) is 0 Å². The van der Waals surface area contributed by atoms with E-state index in [-0.39, 0.29) is 17.5 Å². The van der Waals surface area contributed by atoms with Crippen molar-refractivity contribution in [3.05, 3.63) is 29.8 Å². The topological polar surface area (TPSA) is 66.4 Å². The number of nitrogens with one attached hydrogen (secondary N) is 1. The Balaban J connectivity index is 2.10. The van der Waals surface area contributed by atoms with Crippen LogP contribution in [0.5, 0.6) is 0 Å². The monoisotopic (exact) mass is 297 g/mol. The van der Waals surface area contributed by atoms with Crippen molar-refractivity contribution < 1.29 is 13.5 Å². The van der Waals surface area contributed by atoms with Crippen molar-refractivity contribution in [3.63, 3.8) is 0 Å². The summed E-state index contributed by atoms with van der Waals surface area (Å²) in [6, 6.07) is 6.52. The van der Waals surface area contributed by atoms with Crippen LogP contribution in [-0.4, -0.2) is 19.6 Å². The molecule has 1 aromatic rings. The minimum atomic E-state index is -3.49. The maximum Gasteiger partial charge on any atom is 0.240 e. The van der Waals surface area contributed by atoms with Crippen LogP contribution in [0.1, 0.15) is 44.6 Å². The van der Waals surface area contributed by atoms with E-state index >= 15 is 0 Å². The minimum absolute atomic E-state index is 0.0384. The van der Waals surface area contributed by atoms with Gasteiger partial charge >= 0.3 is 0 Å². The lowest BCUT2D eigenvalue weighted by Crippen LogP contribution is -2.38. The van der Waals surface area contributed by atoms with Crippen LogP contribution in [0.2, 0.25) is 0 Å². The Hall–Kier alpha value is -0.910. The smallest absolute Gasteiger partial charge is 0.240 e. The van der Waals surface area contributed by atoms with Crippen LogP contribution in [0.25, 0.3) is 0 Å². The van der Waals surface area contributed by atoms with E-state index in [2.05, 4.69) is 11.6 Å². The first kappa shape index (κ1) is 15.5. The second-order valence-corrected chi connectivity index (χ2v) is 7.28. The van der Waals surface area contributed by atoms with Crippen LogP contribution in [-0.2, 0) is 16.6 Å². The van der Waals surface area contributed by atoms with Crippen LogP contribution in [0.4, 0.5) is 0 Å². The Morgan fingerprint density at radius 3 is 2.85 bits per heavy atom. The summed E-state index contributed by atoms with van der Waals surface area (Å²) in [5.41, 5.74) is 0.614. The van der Waals surface area contributed by atoms with Gasteiger partial charge in [0.15, 0.2) is 0 Å². The maximum atomic E-state index is 12.4. The Morgan fingerprint density at radius 1 is 1.35 bits per heavy atom. The molecule has 0 amide bonds. The molecular weight excluding hydrogens is 274 g/mol. The zero-order valence-corrected chi connectivity index (χ0v) is 12.7. The van der Waals surface area contributed by atoms with E-state index in [1.54, 1.807) is 18.2 Å². The predicted octanol–water partition coefficient (Wildman–Crippen LogP) is 2.43. The fourth-order valence-corrected chi connectivity index (χ4v) is 4.22. The molecule has 20 heavy (non-hydrogen) atoms. The van der Waals surface area contributed by atoms with Gasteiger partial charge in [0.05, 0.1) is 11.5 Å². The van der Waals surface area contributed by atoms with Gasteiger partial charge in [0, 0.05) is 6.04 Å². The third-order valence-electron chi connectivity index (χ3n) is 4.07. The van der Waals surface area contributed by atoms with Crippen molar-refractivity contribution in [1.29, 1.82) is 0 Å². The molecule has 1 aliphatic rings. The normalized spacial score (nSPS) is 23.7. The summed E-state index contributed by atoms with van der Waals surface area (Å²) in [5, 5.41) is 9.10. The van der Waals surface area contributed by atoms with Gasteiger partial charge in [0.25, 0.3) is 0 Å². The highest BCUT2D eigenvalue weighted by molar-refractivity contribution is 7.89. The Kier molecular flexibility index (Phi) is 5.18. The van der Waals surface area contributed by atoms with Crippen LogP contribution in [0.3, 0.4) is 0 Å². The maximum absolute atomic E-state index is 12.4. The summed E-state index contributed by atoms with van der Waals surface area (Å²) < 4.78 is 27.6. The molecule has 0 radical (unpaired) electrons. The van der Waals surface area contributed by atoms with Gasteiger partial charge in [-0.15, -0.1) is 0 Å². The fourth-order valence-electron chi connectivity index (χ4n) is 2.87. The van der Waals surface area contributed by atoms with E-state index in [1.165, 1.54) is 12.5 Å². The van der Waals surface area contributed by atoms with Crippen molar-refractivity contribution in [2.24, 2.45) is 5.92 Å². The largest absolute Gasteiger partial charge is 0.392 e. The van der Waals surface area contributed by atoms with Gasteiger partial charge in [-0.3, -0.25) is 0 Å². The second-order valence-electron chi connectivity index (χ2n) is 5.56. The summed E-state index contributed by atoms with van der Waals surface area (Å²) in [6.07, 6.45) is 5.24. The number of aliphatic hydroxyl groups excluding tert-OH is 1. The van der Waals surface area contributed by atoms with E-state index in [0.29, 0.717) is 11.5 Å². The summed E-state index contributed by atoms with van der Waals surface area (Å²) in [4.78, 5) is 0.239. The molecule has 1 fully saturated rings. The van der Waals surface area contributed by atoms with Crippen molar-refractivity contribution in [2.75, 3.05) is 0 Å². The lowest BCUT2D eigenvalue weighted by molar-refractivity contribution is 0.281. The van der Waals surface area contributed by atoms with E-state index in [0.717, 1.165) is 25.7 Å². The Bertz CT molecular complexity index is 542. The highest BCUT2D eigenvalue weighted by atomic mass is 32.2. The lowest BCUT2D eigenvalue weighted by atomic mass is 9.85. The van der Waals surface area contributed by atoms with Crippen molar-refractivity contribution in [1.82, 2.24) is 4.72 Å². The molecule has 0 aromatic heterocycles. The SMILES string of the molecule is CCC1CCCC(NS(=O)(=O)c2cccc(CO)c2)C1. The molecule has 112 valence electrons. The van der Waals surface area contributed by atoms with Gasteiger partial charge < -0.3 is 5.11 Å². The minimum Gasteiger partial charge on any atom is -0.392 e. The zero-order chi connectivity index (χ0) is 14.6. The third-order valence-corrected chi connectivity index (χ3v) is 5.59. The molecule has 0 heterocycles. The number of aliphatic hydroxyl groups is 1. The van der Waals surface area contributed by atoms with Crippen LogP contribution < -0.4 is 4.72 Å². The average molecular weight is 297 g/mol. The fraction of sp³-hybridized carbons (Fsp3) is 0.600. The highest BCUT2D eigenvalue weighted by Crippen LogP contribution is 2.27. The summed E-state index contributed by atoms with van der Waals surface area (Å²) in [5.74, 6) is 0.625. The van der Waals surface area contributed by atoms with Gasteiger partial charge in [0.2, 0.25) is 10.0 Å². The van der Waals surface area contributed by atoms with Crippen molar-refractivity contribution in [2.45, 2.75) is 56.6 Å². The second kappa shape index (κ2) is 6.70. The summed E-state index contributed by atoms with van der Waals surface area (Å²) in [6.45, 7) is 2.01. The van der Waals surface area contributed by atoms with Gasteiger partial charge in [-0.05, 0) is 36.5 Å². The molecule has 1 aliphatic carbocycles. The molecule has 0 spiro atoms. The number of hydrogen-bond acceptors (Lipinski definition) is 3. The first-order chi connectivity index (χ1) is 9.55. The molecule has 0 saturated heterocycles. The average Bonchev–Trinajstić information content (AvgIpc) is 2.47. The molecule has 5 heteroatoms. The third kappa shape index (κ3) is 3.81. The molecule has 2 unspecified atom stereocenters. The molecule has 0 aliphatic heterocycles. The number of benzene rings is 1. The molecular formula is C15H23NO3S. The van der Waals surface area contributed by atoms with Gasteiger partial charge in [0.1, 0.15) is 0 Å². The molecule has 1 aromatic carbocycles. The molecule has 2 N–H and O–H groups in total. The number of sulfonamides is 1. The highest BCUT2D eigenvalue weighted by Gasteiger charge is 2.25. The lowest BCUT2D eigenvalue weighted by Gasteiger charge is -2.28. The van der Waals surface area contributed by atoms with Crippen LogP contribution in [0, 0.1) is 5.92 Å². The van der Waals surface area contributed by atoms with Gasteiger partial charge in [-0.1, -0.05) is 38.3 Å². The van der Waals surface area contributed by atoms with Crippen LogP contribution >= 0.6 is 0 Å². The first-order valence-corrected chi connectivity index (χ1v) is 8.75. The first-order valence-electron chi connectivity index (χ1n) is 7.27. The molecule has 1 saturated carbocycles. The van der Waals surface area contributed by atoms with Crippen molar-refractivity contribution >= 4 is 10.0 Å².